The van der Waals surface area contributed by atoms with Crippen molar-refractivity contribution in [1.82, 2.24) is 0 Å². The van der Waals surface area contributed by atoms with Crippen LogP contribution >= 0.6 is 11.8 Å². The van der Waals surface area contributed by atoms with E-state index in [-0.39, 0.29) is 0 Å². The van der Waals surface area contributed by atoms with Gasteiger partial charge in [0.1, 0.15) is 12.4 Å². The molecule has 2 N–H and O–H groups in total. The Hall–Kier alpha value is -2.27. The van der Waals surface area contributed by atoms with Crippen LogP contribution < -0.4 is 10.5 Å². The number of para-hydroxylation sites is 1. The average molecular weight is 299 g/mol. The summed E-state index contributed by atoms with van der Waals surface area (Å²) in [6.07, 6.45) is 3.49. The minimum Gasteiger partial charge on any atom is -0.488 e. The number of nitrogens with two attached hydrogens (primary N) is 1. The molecule has 0 radical (unpaired) electrons. The molecule has 0 amide bonds. The number of thioether (sulfide) groups is 1. The molecule has 0 aliphatic carbocycles. The van der Waals surface area contributed by atoms with Gasteiger partial charge in [-0.3, -0.25) is 0 Å². The van der Waals surface area contributed by atoms with Crippen molar-refractivity contribution in [3.63, 3.8) is 0 Å². The predicted molar refractivity (Wildman–Crippen MR) is 89.9 cm³/mol. The molecule has 108 valence electrons. The number of nitrogens with zero attached hydrogens (tertiary/aromatic N) is 2. The first-order valence-electron chi connectivity index (χ1n) is 6.46. The lowest BCUT2D eigenvalue weighted by atomic mass is 10.2. The molecule has 0 aliphatic rings. The minimum absolute atomic E-state index is 0.425. The van der Waals surface area contributed by atoms with Gasteiger partial charge < -0.3 is 10.5 Å². The molecule has 21 heavy (non-hydrogen) atoms. The van der Waals surface area contributed by atoms with Crippen molar-refractivity contribution in [3.8, 4) is 5.75 Å². The lowest BCUT2D eigenvalue weighted by Crippen LogP contribution is -2.04. The molecule has 2 aromatic rings. The van der Waals surface area contributed by atoms with Crippen molar-refractivity contribution in [2.24, 2.45) is 15.9 Å². The summed E-state index contributed by atoms with van der Waals surface area (Å²) in [6, 6.07) is 17.7. The fourth-order valence-electron chi connectivity index (χ4n) is 1.64. The van der Waals surface area contributed by atoms with E-state index in [4.69, 9.17) is 10.5 Å². The summed E-state index contributed by atoms with van der Waals surface area (Å²) in [7, 11) is 0. The minimum atomic E-state index is 0.425. The second kappa shape index (κ2) is 8.11. The Morgan fingerprint density at radius 1 is 1.14 bits per heavy atom. The largest absolute Gasteiger partial charge is 0.488 e. The van der Waals surface area contributed by atoms with E-state index in [0.29, 0.717) is 11.8 Å². The third-order valence-corrected chi connectivity index (χ3v) is 3.22. The zero-order valence-corrected chi connectivity index (χ0v) is 12.6. The highest BCUT2D eigenvalue weighted by molar-refractivity contribution is 8.13. The molecule has 0 heterocycles. The maximum atomic E-state index is 5.83. The van der Waals surface area contributed by atoms with Crippen LogP contribution in [0.4, 0.5) is 0 Å². The van der Waals surface area contributed by atoms with E-state index < -0.39 is 0 Å². The summed E-state index contributed by atoms with van der Waals surface area (Å²) in [4.78, 5) is 0. The molecule has 5 heteroatoms. The van der Waals surface area contributed by atoms with Crippen LogP contribution in [0.25, 0.3) is 0 Å². The standard InChI is InChI=1S/C16H17N3OS/c1-21-16(17)19-18-11-14-9-5-6-10-15(14)20-12-13-7-3-2-4-8-13/h2-11H,12H2,1H3,(H2,17,19)/b18-11-. The van der Waals surface area contributed by atoms with Crippen molar-refractivity contribution >= 4 is 23.1 Å². The van der Waals surface area contributed by atoms with E-state index in [1.165, 1.54) is 11.8 Å². The molecule has 0 fully saturated rings. The third kappa shape index (κ3) is 4.96. The van der Waals surface area contributed by atoms with Crippen molar-refractivity contribution in [2.75, 3.05) is 6.26 Å². The summed E-state index contributed by atoms with van der Waals surface area (Å²) in [5.74, 6) is 0.767. The van der Waals surface area contributed by atoms with Gasteiger partial charge in [0, 0.05) is 5.56 Å². The number of hydrogen-bond donors (Lipinski definition) is 1. The number of ether oxygens (including phenoxy) is 1. The first-order valence-corrected chi connectivity index (χ1v) is 7.68. The van der Waals surface area contributed by atoms with E-state index in [1.807, 2.05) is 60.9 Å². The van der Waals surface area contributed by atoms with Gasteiger partial charge in [0.2, 0.25) is 0 Å². The maximum Gasteiger partial charge on any atom is 0.180 e. The fraction of sp³-hybridized carbons (Fsp3) is 0.125. The highest BCUT2D eigenvalue weighted by Gasteiger charge is 2.01. The zero-order chi connectivity index (χ0) is 14.9. The summed E-state index contributed by atoms with van der Waals surface area (Å²) in [5.41, 5.74) is 7.56. The number of rotatable bonds is 5. The van der Waals surface area contributed by atoms with Crippen LogP contribution in [0.3, 0.4) is 0 Å². The van der Waals surface area contributed by atoms with Crippen molar-refractivity contribution < 1.29 is 4.74 Å². The Bertz CT molecular complexity index is 626. The van der Waals surface area contributed by atoms with Crippen LogP contribution in [0, 0.1) is 0 Å². The van der Waals surface area contributed by atoms with Crippen LogP contribution in [0.15, 0.2) is 64.8 Å². The zero-order valence-electron chi connectivity index (χ0n) is 11.8. The average Bonchev–Trinajstić information content (AvgIpc) is 2.54. The molecule has 0 atom stereocenters. The smallest absolute Gasteiger partial charge is 0.180 e. The van der Waals surface area contributed by atoms with Crippen molar-refractivity contribution in [1.29, 1.82) is 0 Å². The van der Waals surface area contributed by atoms with Gasteiger partial charge in [-0.05, 0) is 24.0 Å². The normalized spacial score (nSPS) is 11.8. The monoisotopic (exact) mass is 299 g/mol. The Morgan fingerprint density at radius 2 is 1.86 bits per heavy atom. The molecule has 0 saturated heterocycles. The third-order valence-electron chi connectivity index (χ3n) is 2.72. The first-order chi connectivity index (χ1) is 10.3. The van der Waals surface area contributed by atoms with Crippen LogP contribution in [0.2, 0.25) is 0 Å². The number of benzene rings is 2. The van der Waals surface area contributed by atoms with Gasteiger partial charge in [0.15, 0.2) is 5.17 Å². The molecule has 2 rings (SSSR count). The van der Waals surface area contributed by atoms with E-state index in [2.05, 4.69) is 10.2 Å². The van der Waals surface area contributed by atoms with Gasteiger partial charge in [0.25, 0.3) is 0 Å². The second-order valence-corrected chi connectivity index (χ2v) is 5.03. The maximum absolute atomic E-state index is 5.83. The highest BCUT2D eigenvalue weighted by Crippen LogP contribution is 2.17. The highest BCUT2D eigenvalue weighted by atomic mass is 32.2. The van der Waals surface area contributed by atoms with Gasteiger partial charge in [-0.1, -0.05) is 54.2 Å². The predicted octanol–water partition coefficient (Wildman–Crippen LogP) is 3.28. The van der Waals surface area contributed by atoms with Gasteiger partial charge in [-0.15, -0.1) is 5.10 Å². The summed E-state index contributed by atoms with van der Waals surface area (Å²) >= 11 is 1.35. The van der Waals surface area contributed by atoms with Crippen molar-refractivity contribution in [2.45, 2.75) is 6.61 Å². The Morgan fingerprint density at radius 3 is 2.62 bits per heavy atom. The van der Waals surface area contributed by atoms with E-state index in [0.717, 1.165) is 16.9 Å². The fourth-order valence-corrected chi connectivity index (χ4v) is 1.77. The molecule has 0 unspecified atom stereocenters. The molecule has 0 aromatic heterocycles. The molecule has 4 nitrogen and oxygen atoms in total. The number of amidine groups is 1. The van der Waals surface area contributed by atoms with E-state index in [1.54, 1.807) is 6.21 Å². The van der Waals surface area contributed by atoms with Gasteiger partial charge in [0.05, 0.1) is 6.21 Å². The van der Waals surface area contributed by atoms with Gasteiger partial charge >= 0.3 is 0 Å². The Balaban J connectivity index is 2.06. The summed E-state index contributed by atoms with van der Waals surface area (Å²) in [5, 5.41) is 8.26. The van der Waals surface area contributed by atoms with Crippen LogP contribution in [-0.2, 0) is 6.61 Å². The molecule has 0 spiro atoms. The second-order valence-electron chi connectivity index (χ2n) is 4.20. The molecular formula is C16H17N3OS. The van der Waals surface area contributed by atoms with Crippen LogP contribution in [0.5, 0.6) is 5.75 Å². The van der Waals surface area contributed by atoms with E-state index in [9.17, 15) is 0 Å². The molecule has 0 bridgehead atoms. The topological polar surface area (TPSA) is 60.0 Å². The van der Waals surface area contributed by atoms with Crippen LogP contribution in [0.1, 0.15) is 11.1 Å². The van der Waals surface area contributed by atoms with Gasteiger partial charge in [-0.2, -0.15) is 5.10 Å². The molecule has 2 aromatic carbocycles. The summed E-state index contributed by atoms with van der Waals surface area (Å²) in [6.45, 7) is 0.516. The SMILES string of the molecule is CS/C(N)=N/N=C\c1ccccc1OCc1ccccc1. The van der Waals surface area contributed by atoms with E-state index >= 15 is 0 Å². The Labute approximate surface area is 128 Å². The lowest BCUT2D eigenvalue weighted by Gasteiger charge is -2.08. The Kier molecular flexibility index (Phi) is 5.84. The van der Waals surface area contributed by atoms with Gasteiger partial charge in [-0.25, -0.2) is 0 Å². The quantitative estimate of drug-likeness (QED) is 0.523. The lowest BCUT2D eigenvalue weighted by molar-refractivity contribution is 0.306. The molecular weight excluding hydrogens is 282 g/mol. The van der Waals surface area contributed by atoms with Crippen molar-refractivity contribution in [3.05, 3.63) is 65.7 Å². The first kappa shape index (κ1) is 15.1. The number of hydrogen-bond acceptors (Lipinski definition) is 4. The van der Waals surface area contributed by atoms with Crippen LogP contribution in [-0.4, -0.2) is 17.6 Å². The molecule has 0 saturated carbocycles. The summed E-state index contributed by atoms with van der Waals surface area (Å²) < 4.78 is 5.83. The molecule has 0 aliphatic heterocycles.